The molecule has 1 unspecified atom stereocenters. The van der Waals surface area contributed by atoms with Gasteiger partial charge >= 0.3 is 19.5 Å². The molecule has 7 nitrogen and oxygen atoms in total. The van der Waals surface area contributed by atoms with Crippen molar-refractivity contribution < 1.29 is 32.7 Å². The first-order valence-corrected chi connectivity index (χ1v) is 12.2. The van der Waals surface area contributed by atoms with E-state index in [4.69, 9.17) is 18.5 Å². The third kappa shape index (κ3) is 4.63. The van der Waals surface area contributed by atoms with E-state index in [0.717, 1.165) is 19.3 Å². The van der Waals surface area contributed by atoms with Gasteiger partial charge in [0.1, 0.15) is 5.60 Å². The van der Waals surface area contributed by atoms with E-state index < -0.39 is 30.8 Å². The lowest BCUT2D eigenvalue weighted by molar-refractivity contribution is -0.187. The molecule has 0 radical (unpaired) electrons. The summed E-state index contributed by atoms with van der Waals surface area (Å²) in [5.74, 6) is 0.656. The van der Waals surface area contributed by atoms with Crippen molar-refractivity contribution in [3.8, 4) is 0 Å². The second kappa shape index (κ2) is 8.85. The summed E-state index contributed by atoms with van der Waals surface area (Å²) >= 11 is 0. The van der Waals surface area contributed by atoms with Crippen LogP contribution in [0.15, 0.2) is 0 Å². The Morgan fingerprint density at radius 2 is 1.43 bits per heavy atom. The summed E-state index contributed by atoms with van der Waals surface area (Å²) in [6.45, 7) is 5.34. The van der Waals surface area contributed by atoms with Crippen LogP contribution in [0, 0.1) is 17.8 Å². The van der Waals surface area contributed by atoms with Crippen LogP contribution in [0.4, 0.5) is 0 Å². The first-order chi connectivity index (χ1) is 13.3. The molecule has 0 saturated heterocycles. The van der Waals surface area contributed by atoms with E-state index in [1.165, 1.54) is 19.3 Å². The number of rotatable bonds is 10. The zero-order valence-corrected chi connectivity index (χ0v) is 18.1. The van der Waals surface area contributed by atoms with Crippen LogP contribution in [-0.4, -0.2) is 43.0 Å². The van der Waals surface area contributed by atoms with Gasteiger partial charge in [0, 0.05) is 0 Å². The number of esters is 2. The fraction of sp³-hybridized carbons (Fsp3) is 0.900. The summed E-state index contributed by atoms with van der Waals surface area (Å²) in [6.07, 6.45) is 6.10. The second-order valence-electron chi connectivity index (χ2n) is 8.42. The van der Waals surface area contributed by atoms with Crippen molar-refractivity contribution >= 4 is 19.5 Å². The molecule has 0 aromatic heterocycles. The molecule has 4 aliphatic rings. The van der Waals surface area contributed by atoms with E-state index in [2.05, 4.69) is 0 Å². The lowest BCUT2D eigenvalue weighted by Crippen LogP contribution is -2.53. The number of carbonyl (C=O) groups is 2. The molecule has 0 spiro atoms. The fourth-order valence-electron chi connectivity index (χ4n) is 5.74. The summed E-state index contributed by atoms with van der Waals surface area (Å²) in [5, 5.41) is 0. The summed E-state index contributed by atoms with van der Waals surface area (Å²) in [5.41, 5.74) is -1.71. The topological polar surface area (TPSA) is 88.1 Å². The maximum absolute atomic E-state index is 13.2. The molecule has 0 aliphatic heterocycles. The van der Waals surface area contributed by atoms with Crippen LogP contribution in [0.1, 0.15) is 65.7 Å². The minimum atomic E-state index is -3.83. The molecule has 0 N–H and O–H groups in total. The zero-order valence-electron chi connectivity index (χ0n) is 17.2. The first kappa shape index (κ1) is 21.8. The van der Waals surface area contributed by atoms with Crippen molar-refractivity contribution in [1.29, 1.82) is 0 Å². The maximum Gasteiger partial charge on any atom is 0.345 e. The number of carbonyl (C=O) groups excluding carboxylic acids is 2. The van der Waals surface area contributed by atoms with Crippen molar-refractivity contribution in [1.82, 2.24) is 0 Å². The molecule has 4 rings (SSSR count). The third-order valence-electron chi connectivity index (χ3n) is 6.23. The summed E-state index contributed by atoms with van der Waals surface area (Å²) in [4.78, 5) is 25.3. The molecular formula is C20H33O7P. The van der Waals surface area contributed by atoms with E-state index in [1.54, 1.807) is 20.8 Å². The van der Waals surface area contributed by atoms with E-state index in [1.807, 2.05) is 0 Å². The Morgan fingerprint density at radius 1 is 0.929 bits per heavy atom. The summed E-state index contributed by atoms with van der Waals surface area (Å²) < 4.78 is 34.9. The SMILES string of the molecule is CCOC(=O)C(CC(=O)OC12CC3CC(CC(C3)C1)C2)P(=O)(OCC)OCC. The number of hydrogen-bond donors (Lipinski definition) is 0. The normalized spacial score (nSPS) is 32.2. The Hall–Kier alpha value is -0.910. The highest BCUT2D eigenvalue weighted by Crippen LogP contribution is 2.58. The Morgan fingerprint density at radius 3 is 1.86 bits per heavy atom. The Balaban J connectivity index is 1.72. The Bertz CT molecular complexity index is 587. The van der Waals surface area contributed by atoms with Gasteiger partial charge in [-0.2, -0.15) is 0 Å². The minimum absolute atomic E-state index is 0.108. The smallest absolute Gasteiger partial charge is 0.345 e. The molecule has 4 aliphatic carbocycles. The molecule has 0 amide bonds. The molecule has 160 valence electrons. The van der Waals surface area contributed by atoms with E-state index in [-0.39, 0.29) is 26.2 Å². The summed E-state index contributed by atoms with van der Waals surface area (Å²) in [7, 11) is -3.83. The standard InChI is InChI=1S/C20H33O7P/c1-4-24-19(22)17(28(23,25-5-2)26-6-3)10-18(21)27-20-11-14-7-15(12-20)9-16(8-14)13-20/h14-17H,4-13H2,1-3H3. The van der Waals surface area contributed by atoms with Gasteiger partial charge in [0.05, 0.1) is 26.2 Å². The highest BCUT2D eigenvalue weighted by atomic mass is 31.2. The van der Waals surface area contributed by atoms with Crippen molar-refractivity contribution in [3.05, 3.63) is 0 Å². The molecule has 0 aromatic carbocycles. The molecule has 4 bridgehead atoms. The number of ether oxygens (including phenoxy) is 2. The number of hydrogen-bond acceptors (Lipinski definition) is 7. The molecule has 4 fully saturated rings. The molecule has 4 saturated carbocycles. The van der Waals surface area contributed by atoms with Crippen LogP contribution in [-0.2, 0) is 32.7 Å². The quantitative estimate of drug-likeness (QED) is 0.391. The molecule has 0 heterocycles. The van der Waals surface area contributed by atoms with Crippen molar-refractivity contribution in [3.63, 3.8) is 0 Å². The highest BCUT2D eigenvalue weighted by Gasteiger charge is 2.54. The Kier molecular flexibility index (Phi) is 6.88. The van der Waals surface area contributed by atoms with Gasteiger partial charge in [0.15, 0.2) is 5.66 Å². The maximum atomic E-state index is 13.2. The predicted octanol–water partition coefficient (Wildman–Crippen LogP) is 4.09. The highest BCUT2D eigenvalue weighted by molar-refractivity contribution is 7.55. The van der Waals surface area contributed by atoms with E-state index >= 15 is 0 Å². The zero-order chi connectivity index (χ0) is 20.4. The molecular weight excluding hydrogens is 383 g/mol. The second-order valence-corrected chi connectivity index (χ2v) is 10.6. The van der Waals surface area contributed by atoms with Gasteiger partial charge in [-0.15, -0.1) is 0 Å². The minimum Gasteiger partial charge on any atom is -0.465 e. The van der Waals surface area contributed by atoms with E-state index in [0.29, 0.717) is 17.8 Å². The lowest BCUT2D eigenvalue weighted by atomic mass is 9.54. The Labute approximate surface area is 167 Å². The first-order valence-electron chi connectivity index (χ1n) is 10.6. The van der Waals surface area contributed by atoms with Gasteiger partial charge in [0.25, 0.3) is 0 Å². The monoisotopic (exact) mass is 416 g/mol. The predicted molar refractivity (Wildman–Crippen MR) is 103 cm³/mol. The van der Waals surface area contributed by atoms with Crippen LogP contribution < -0.4 is 0 Å². The lowest BCUT2D eigenvalue weighted by Gasteiger charge is -2.55. The van der Waals surface area contributed by atoms with Gasteiger partial charge in [-0.3, -0.25) is 14.2 Å². The van der Waals surface area contributed by atoms with Gasteiger partial charge in [-0.05, 0) is 77.0 Å². The molecule has 28 heavy (non-hydrogen) atoms. The third-order valence-corrected chi connectivity index (χ3v) is 8.62. The van der Waals surface area contributed by atoms with Crippen LogP contribution >= 0.6 is 7.60 Å². The largest absolute Gasteiger partial charge is 0.465 e. The van der Waals surface area contributed by atoms with Crippen molar-refractivity contribution in [2.24, 2.45) is 17.8 Å². The van der Waals surface area contributed by atoms with Gasteiger partial charge in [-0.1, -0.05) is 0 Å². The van der Waals surface area contributed by atoms with Crippen LogP contribution in [0.2, 0.25) is 0 Å². The molecule has 8 heteroatoms. The molecule has 0 aromatic rings. The van der Waals surface area contributed by atoms with E-state index in [9.17, 15) is 14.2 Å². The van der Waals surface area contributed by atoms with Crippen molar-refractivity contribution in [2.75, 3.05) is 19.8 Å². The van der Waals surface area contributed by atoms with Crippen LogP contribution in [0.5, 0.6) is 0 Å². The fourth-order valence-corrected chi connectivity index (χ4v) is 7.60. The molecule has 1 atom stereocenters. The average Bonchev–Trinajstić information content (AvgIpc) is 2.58. The van der Waals surface area contributed by atoms with Gasteiger partial charge in [-0.25, -0.2) is 0 Å². The van der Waals surface area contributed by atoms with Crippen LogP contribution in [0.25, 0.3) is 0 Å². The van der Waals surface area contributed by atoms with Gasteiger partial charge < -0.3 is 18.5 Å². The van der Waals surface area contributed by atoms with Crippen molar-refractivity contribution in [2.45, 2.75) is 77.0 Å². The average molecular weight is 416 g/mol. The van der Waals surface area contributed by atoms with Crippen LogP contribution in [0.3, 0.4) is 0 Å². The van der Waals surface area contributed by atoms with Gasteiger partial charge in [0.2, 0.25) is 0 Å². The summed E-state index contributed by atoms with van der Waals surface area (Å²) in [6, 6.07) is 0.